The Kier molecular flexibility index (Phi) is 10.0. The molecule has 2 aromatic carbocycles. The minimum atomic E-state index is -4.98. The monoisotopic (exact) mass is 490 g/mol. The third-order valence-corrected chi connectivity index (χ3v) is 7.34. The molecule has 0 heterocycles. The number of sulfone groups is 1. The molecular weight excluding hydrogens is 485 g/mol. The average Bonchev–Trinajstić information content (AvgIpc) is 2.45. The zero-order chi connectivity index (χ0) is 19.2. The summed E-state index contributed by atoms with van der Waals surface area (Å²) in [5, 5.41) is -0.863. The first-order chi connectivity index (χ1) is 11.2. The van der Waals surface area contributed by atoms with Crippen LogP contribution in [0.1, 0.15) is 0 Å². The molecule has 0 saturated carbocycles. The molecule has 15 heteroatoms. The Labute approximate surface area is 210 Å². The summed E-state index contributed by atoms with van der Waals surface area (Å²) in [6, 6.07) is 4.42. The van der Waals surface area contributed by atoms with Gasteiger partial charge in [-0.25, -0.2) is 25.3 Å². The first kappa shape index (κ1) is 27.8. The third kappa shape index (κ3) is 6.38. The van der Waals surface area contributed by atoms with E-state index in [1.807, 2.05) is 0 Å². The molecule has 2 rings (SSSR count). The van der Waals surface area contributed by atoms with Crippen molar-refractivity contribution in [2.24, 2.45) is 0 Å². The van der Waals surface area contributed by atoms with Crippen molar-refractivity contribution in [1.82, 2.24) is 0 Å². The molecule has 0 amide bonds. The van der Waals surface area contributed by atoms with Crippen molar-refractivity contribution in [3.8, 4) is 0 Å². The average molecular weight is 491 g/mol. The SMILES string of the molecule is O=S(=O)([O-])c1ccc(Cl)c(S(=O)(=O)c2cc(S(=O)(=O)[O-])ccc2Cl)c1.[Na+].[Na+]. The molecule has 0 aliphatic carbocycles. The van der Waals surface area contributed by atoms with E-state index in [0.717, 1.165) is 24.3 Å². The first-order valence-corrected chi connectivity index (χ1v) is 11.1. The zero-order valence-corrected chi connectivity index (χ0v) is 21.7. The number of hydrogen-bond donors (Lipinski definition) is 0. The molecule has 27 heavy (non-hydrogen) atoms. The Morgan fingerprint density at radius 3 is 1.19 bits per heavy atom. The molecule has 0 N–H and O–H groups in total. The van der Waals surface area contributed by atoms with Crippen LogP contribution in [0.15, 0.2) is 56.0 Å². The maximum absolute atomic E-state index is 12.7. The number of hydrogen-bond acceptors (Lipinski definition) is 8. The molecule has 0 fully saturated rings. The number of halogens is 2. The molecule has 0 atom stereocenters. The van der Waals surface area contributed by atoms with Gasteiger partial charge in [-0.2, -0.15) is 0 Å². The predicted octanol–water partition coefficient (Wildman–Crippen LogP) is -4.36. The van der Waals surface area contributed by atoms with Crippen LogP contribution in [0.4, 0.5) is 0 Å². The quantitative estimate of drug-likeness (QED) is 0.308. The Balaban J connectivity index is 0.00000338. The molecule has 0 saturated heterocycles. The smallest absolute Gasteiger partial charge is 0.744 e. The molecule has 0 aliphatic rings. The second kappa shape index (κ2) is 9.73. The minimum absolute atomic E-state index is 0. The van der Waals surface area contributed by atoms with E-state index in [4.69, 9.17) is 23.2 Å². The fourth-order valence-corrected chi connectivity index (χ4v) is 5.25. The van der Waals surface area contributed by atoms with Crippen molar-refractivity contribution in [1.29, 1.82) is 0 Å². The van der Waals surface area contributed by atoms with Crippen molar-refractivity contribution in [2.75, 3.05) is 0 Å². The second-order valence-electron chi connectivity index (χ2n) is 4.60. The normalized spacial score (nSPS) is 12.0. The maximum atomic E-state index is 12.7. The van der Waals surface area contributed by atoms with Gasteiger partial charge in [0.15, 0.2) is 0 Å². The Morgan fingerprint density at radius 1 is 0.630 bits per heavy atom. The van der Waals surface area contributed by atoms with Crippen LogP contribution in [0.5, 0.6) is 0 Å². The van der Waals surface area contributed by atoms with Gasteiger partial charge in [0.25, 0.3) is 0 Å². The van der Waals surface area contributed by atoms with E-state index in [1.165, 1.54) is 0 Å². The standard InChI is InChI=1S/C12H8Cl2O8S3.2Na/c13-9-3-1-7(24(17,18)19)5-11(9)23(15,16)12-6-8(25(20,21)22)2-4-10(12)14;;/h1-6H,(H,17,18,19)(H,20,21,22);;/q;2*+1/p-2. The van der Waals surface area contributed by atoms with E-state index in [-0.39, 0.29) is 59.1 Å². The number of rotatable bonds is 4. The van der Waals surface area contributed by atoms with E-state index in [0.29, 0.717) is 12.1 Å². The molecule has 0 radical (unpaired) electrons. The van der Waals surface area contributed by atoms with Gasteiger partial charge in [-0.05, 0) is 36.4 Å². The fraction of sp³-hybridized carbons (Fsp3) is 0. The van der Waals surface area contributed by atoms with Crippen molar-refractivity contribution in [3.05, 3.63) is 46.4 Å². The van der Waals surface area contributed by atoms with Gasteiger partial charge in [0.2, 0.25) is 9.84 Å². The van der Waals surface area contributed by atoms with Crippen LogP contribution in [0.25, 0.3) is 0 Å². The summed E-state index contributed by atoms with van der Waals surface area (Å²) in [4.78, 5) is -3.29. The zero-order valence-electron chi connectivity index (χ0n) is 13.7. The van der Waals surface area contributed by atoms with Crippen LogP contribution in [0.3, 0.4) is 0 Å². The third-order valence-electron chi connectivity index (χ3n) is 2.96. The van der Waals surface area contributed by atoms with Crippen molar-refractivity contribution in [2.45, 2.75) is 19.6 Å². The summed E-state index contributed by atoms with van der Waals surface area (Å²) in [7, 11) is -14.6. The fourth-order valence-electron chi connectivity index (χ4n) is 1.81. The van der Waals surface area contributed by atoms with Gasteiger partial charge in [-0.1, -0.05) is 23.2 Å². The van der Waals surface area contributed by atoms with Crippen molar-refractivity contribution in [3.63, 3.8) is 0 Å². The van der Waals surface area contributed by atoms with Crippen LogP contribution >= 0.6 is 23.2 Å². The van der Waals surface area contributed by atoms with Crippen LogP contribution < -0.4 is 59.1 Å². The minimum Gasteiger partial charge on any atom is -0.744 e. The van der Waals surface area contributed by atoms with E-state index in [9.17, 15) is 34.4 Å². The maximum Gasteiger partial charge on any atom is 1.00 e. The van der Waals surface area contributed by atoms with Crippen molar-refractivity contribution < 1.29 is 93.5 Å². The van der Waals surface area contributed by atoms with Crippen LogP contribution in [0, 0.1) is 0 Å². The van der Waals surface area contributed by atoms with Crippen molar-refractivity contribution >= 4 is 53.3 Å². The summed E-state index contributed by atoms with van der Waals surface area (Å²) in [6.45, 7) is 0. The van der Waals surface area contributed by atoms with Gasteiger partial charge >= 0.3 is 59.1 Å². The molecule has 0 aliphatic heterocycles. The Morgan fingerprint density at radius 2 is 0.926 bits per heavy atom. The Bertz CT molecular complexity index is 1090. The molecule has 8 nitrogen and oxygen atoms in total. The molecule has 136 valence electrons. The van der Waals surface area contributed by atoms with Gasteiger partial charge in [-0.3, -0.25) is 0 Å². The van der Waals surface area contributed by atoms with Crippen LogP contribution in [-0.2, 0) is 30.1 Å². The Hall–Kier alpha value is 0.790. The first-order valence-electron chi connectivity index (χ1n) is 6.00. The molecule has 0 unspecified atom stereocenters. The van der Waals surface area contributed by atoms with Crippen LogP contribution in [0.2, 0.25) is 10.0 Å². The van der Waals surface area contributed by atoms with E-state index in [2.05, 4.69) is 0 Å². The predicted molar refractivity (Wildman–Crippen MR) is 84.3 cm³/mol. The summed E-state index contributed by atoms with van der Waals surface area (Å²) in [5.74, 6) is 0. The summed E-state index contributed by atoms with van der Waals surface area (Å²) in [6.07, 6.45) is 0. The van der Waals surface area contributed by atoms with Crippen LogP contribution in [-0.4, -0.2) is 34.4 Å². The summed E-state index contributed by atoms with van der Waals surface area (Å²) in [5.41, 5.74) is 0. The van der Waals surface area contributed by atoms with E-state index in [1.54, 1.807) is 0 Å². The number of benzene rings is 2. The van der Waals surface area contributed by atoms with Gasteiger partial charge in [0, 0.05) is 0 Å². The molecule has 0 aromatic heterocycles. The molecular formula is C12H6Cl2Na2O8S3. The molecule has 0 spiro atoms. The summed E-state index contributed by atoms with van der Waals surface area (Å²) < 4.78 is 91.8. The van der Waals surface area contributed by atoms with Gasteiger partial charge in [0.05, 0.1) is 29.6 Å². The van der Waals surface area contributed by atoms with Gasteiger partial charge in [0.1, 0.15) is 20.2 Å². The topological polar surface area (TPSA) is 149 Å². The molecule has 0 bridgehead atoms. The van der Waals surface area contributed by atoms with E-state index < -0.39 is 59.7 Å². The second-order valence-corrected chi connectivity index (χ2v) is 10.1. The summed E-state index contributed by atoms with van der Waals surface area (Å²) >= 11 is 11.5. The van der Waals surface area contributed by atoms with E-state index >= 15 is 0 Å². The van der Waals surface area contributed by atoms with Gasteiger partial charge in [-0.15, -0.1) is 0 Å². The largest absolute Gasteiger partial charge is 1.00 e. The van der Waals surface area contributed by atoms with Gasteiger partial charge < -0.3 is 9.11 Å². The molecule has 2 aromatic rings.